The molecule has 0 bridgehead atoms. The molecule has 0 aliphatic carbocycles. The Balaban J connectivity index is 0.00000324. The molecule has 1 fully saturated rings. The van der Waals surface area contributed by atoms with Gasteiger partial charge in [-0.3, -0.25) is 9.58 Å². The van der Waals surface area contributed by atoms with Gasteiger partial charge in [0.1, 0.15) is 0 Å². The first-order valence-electron chi connectivity index (χ1n) is 11.7. The second-order valence-corrected chi connectivity index (χ2v) is 8.24. The number of morpholine rings is 1. The van der Waals surface area contributed by atoms with Gasteiger partial charge in [0.05, 0.1) is 32.5 Å². The predicted molar refractivity (Wildman–Crippen MR) is 147 cm³/mol. The summed E-state index contributed by atoms with van der Waals surface area (Å²) in [4.78, 5) is 7.23. The summed E-state index contributed by atoms with van der Waals surface area (Å²) in [5, 5.41) is 11.3. The Morgan fingerprint density at radius 1 is 0.941 bits per heavy atom. The molecule has 4 rings (SSSR count). The maximum Gasteiger partial charge on any atom is 0.191 e. The van der Waals surface area contributed by atoms with Crippen LogP contribution in [0.3, 0.4) is 0 Å². The number of aromatic nitrogens is 2. The van der Waals surface area contributed by atoms with E-state index in [9.17, 15) is 0 Å². The Hall–Kier alpha value is -2.43. The summed E-state index contributed by atoms with van der Waals surface area (Å²) in [5.41, 5.74) is 4.98. The van der Waals surface area contributed by atoms with Gasteiger partial charge >= 0.3 is 0 Å². The number of benzene rings is 2. The number of halogens is 1. The van der Waals surface area contributed by atoms with Crippen LogP contribution in [0.4, 0.5) is 0 Å². The predicted octanol–water partition coefficient (Wildman–Crippen LogP) is 3.64. The normalized spacial score (nSPS) is 14.4. The van der Waals surface area contributed by atoms with Gasteiger partial charge in [-0.05, 0) is 23.6 Å². The molecular weight excluding hydrogens is 539 g/mol. The molecule has 1 saturated heterocycles. The highest BCUT2D eigenvalue weighted by Crippen LogP contribution is 2.13. The highest BCUT2D eigenvalue weighted by molar-refractivity contribution is 14.0. The quantitative estimate of drug-likeness (QED) is 0.232. The Morgan fingerprint density at radius 2 is 1.68 bits per heavy atom. The summed E-state index contributed by atoms with van der Waals surface area (Å²) in [6.07, 6.45) is 3.96. The van der Waals surface area contributed by atoms with Gasteiger partial charge < -0.3 is 15.4 Å². The molecule has 0 spiro atoms. The van der Waals surface area contributed by atoms with E-state index in [1.54, 1.807) is 0 Å². The van der Waals surface area contributed by atoms with E-state index in [1.807, 2.05) is 16.9 Å². The van der Waals surface area contributed by atoms with Gasteiger partial charge in [-0.1, -0.05) is 54.6 Å². The summed E-state index contributed by atoms with van der Waals surface area (Å²) in [7, 11) is 0. The third-order valence-electron chi connectivity index (χ3n) is 5.70. The van der Waals surface area contributed by atoms with Gasteiger partial charge in [0, 0.05) is 44.5 Å². The van der Waals surface area contributed by atoms with Gasteiger partial charge in [-0.15, -0.1) is 24.0 Å². The smallest absolute Gasteiger partial charge is 0.191 e. The van der Waals surface area contributed by atoms with Crippen molar-refractivity contribution in [1.29, 1.82) is 0 Å². The van der Waals surface area contributed by atoms with Crippen molar-refractivity contribution in [1.82, 2.24) is 25.3 Å². The number of aliphatic imine (C=N–C) groups is 1. The Bertz CT molecular complexity index is 1020. The zero-order valence-corrected chi connectivity index (χ0v) is 22.2. The lowest BCUT2D eigenvalue weighted by molar-refractivity contribution is 0.0341. The Kier molecular flexibility index (Phi) is 10.8. The Labute approximate surface area is 219 Å². The molecule has 0 radical (unpaired) electrons. The van der Waals surface area contributed by atoms with Crippen molar-refractivity contribution in [2.24, 2.45) is 4.99 Å². The maximum absolute atomic E-state index is 5.48. The van der Waals surface area contributed by atoms with Crippen LogP contribution < -0.4 is 10.6 Å². The summed E-state index contributed by atoms with van der Waals surface area (Å²) in [5.74, 6) is 0.814. The van der Waals surface area contributed by atoms with Gasteiger partial charge in [0.15, 0.2) is 5.96 Å². The fourth-order valence-electron chi connectivity index (χ4n) is 3.92. The molecule has 3 aromatic rings. The number of hydrogen-bond acceptors (Lipinski definition) is 4. The molecule has 2 aromatic carbocycles. The molecule has 0 saturated carbocycles. The fourth-order valence-corrected chi connectivity index (χ4v) is 3.92. The molecule has 8 heteroatoms. The summed E-state index contributed by atoms with van der Waals surface area (Å²) in [6, 6.07) is 19.0. The van der Waals surface area contributed by atoms with E-state index in [0.717, 1.165) is 64.0 Å². The summed E-state index contributed by atoms with van der Waals surface area (Å²) < 4.78 is 7.44. The van der Waals surface area contributed by atoms with Gasteiger partial charge in [0.2, 0.25) is 0 Å². The van der Waals surface area contributed by atoms with E-state index in [1.165, 1.54) is 16.7 Å². The lowest BCUT2D eigenvalue weighted by Gasteiger charge is -2.27. The number of ether oxygens (including phenoxy) is 1. The molecule has 34 heavy (non-hydrogen) atoms. The van der Waals surface area contributed by atoms with Crippen molar-refractivity contribution < 1.29 is 4.74 Å². The molecule has 2 N–H and O–H groups in total. The molecule has 2 heterocycles. The molecule has 1 aliphatic rings. The Morgan fingerprint density at radius 3 is 2.44 bits per heavy atom. The minimum absolute atomic E-state index is 0. The van der Waals surface area contributed by atoms with E-state index in [0.29, 0.717) is 6.54 Å². The zero-order valence-electron chi connectivity index (χ0n) is 19.8. The molecular formula is C26H35IN6O. The van der Waals surface area contributed by atoms with Crippen molar-refractivity contribution in [2.75, 3.05) is 32.8 Å². The van der Waals surface area contributed by atoms with Crippen LogP contribution in [0, 0.1) is 0 Å². The maximum atomic E-state index is 5.48. The average Bonchev–Trinajstić information content (AvgIpc) is 3.30. The van der Waals surface area contributed by atoms with Crippen LogP contribution in [0.2, 0.25) is 0 Å². The molecule has 7 nitrogen and oxygen atoms in total. The van der Waals surface area contributed by atoms with E-state index < -0.39 is 0 Å². The molecule has 1 aliphatic heterocycles. The van der Waals surface area contributed by atoms with Crippen LogP contribution in [0.5, 0.6) is 0 Å². The second-order valence-electron chi connectivity index (χ2n) is 8.24. The van der Waals surface area contributed by atoms with Crippen LogP contribution in [-0.4, -0.2) is 53.5 Å². The van der Waals surface area contributed by atoms with Crippen molar-refractivity contribution in [2.45, 2.75) is 33.1 Å². The minimum Gasteiger partial charge on any atom is -0.379 e. The third kappa shape index (κ3) is 8.11. The first-order valence-corrected chi connectivity index (χ1v) is 11.7. The number of nitrogens with zero attached hydrogens (tertiary/aromatic N) is 4. The minimum atomic E-state index is 0. The fraction of sp³-hybridized carbons (Fsp3) is 0.385. The molecule has 1 aromatic heterocycles. The third-order valence-corrected chi connectivity index (χ3v) is 5.70. The number of nitrogens with one attached hydrogen (secondary N) is 2. The van der Waals surface area contributed by atoms with Crippen LogP contribution in [0.1, 0.15) is 29.2 Å². The van der Waals surface area contributed by atoms with Crippen molar-refractivity contribution in [3.05, 3.63) is 89.2 Å². The van der Waals surface area contributed by atoms with Crippen LogP contribution in [-0.2, 0) is 30.9 Å². The van der Waals surface area contributed by atoms with Gasteiger partial charge in [0.25, 0.3) is 0 Å². The molecule has 0 amide bonds. The first kappa shape index (κ1) is 26.2. The second kappa shape index (κ2) is 14.1. The average molecular weight is 575 g/mol. The number of hydrogen-bond donors (Lipinski definition) is 2. The van der Waals surface area contributed by atoms with E-state index >= 15 is 0 Å². The number of guanidine groups is 1. The lowest BCUT2D eigenvalue weighted by Crippen LogP contribution is -2.38. The molecule has 0 unspecified atom stereocenters. The largest absolute Gasteiger partial charge is 0.379 e. The topological polar surface area (TPSA) is 66.7 Å². The van der Waals surface area contributed by atoms with Crippen molar-refractivity contribution in [3.8, 4) is 0 Å². The van der Waals surface area contributed by atoms with E-state index in [2.05, 4.69) is 82.3 Å². The van der Waals surface area contributed by atoms with Gasteiger partial charge in [-0.25, -0.2) is 4.99 Å². The SMILES string of the molecule is CCNC(=NCc1cnn(Cc2ccccc2)c1)NCc1ccccc1CN1CCOCC1.I. The van der Waals surface area contributed by atoms with E-state index in [4.69, 9.17) is 9.73 Å². The van der Waals surface area contributed by atoms with E-state index in [-0.39, 0.29) is 24.0 Å². The first-order chi connectivity index (χ1) is 16.3. The summed E-state index contributed by atoms with van der Waals surface area (Å²) in [6.45, 7) is 9.56. The van der Waals surface area contributed by atoms with Crippen LogP contribution >= 0.6 is 24.0 Å². The molecule has 0 atom stereocenters. The van der Waals surface area contributed by atoms with Crippen molar-refractivity contribution in [3.63, 3.8) is 0 Å². The highest BCUT2D eigenvalue weighted by atomic mass is 127. The number of rotatable bonds is 9. The lowest BCUT2D eigenvalue weighted by atomic mass is 10.1. The highest BCUT2D eigenvalue weighted by Gasteiger charge is 2.13. The molecule has 182 valence electrons. The zero-order chi connectivity index (χ0) is 22.7. The summed E-state index contributed by atoms with van der Waals surface area (Å²) >= 11 is 0. The van der Waals surface area contributed by atoms with Crippen molar-refractivity contribution >= 4 is 29.9 Å². The monoisotopic (exact) mass is 574 g/mol. The van der Waals surface area contributed by atoms with Crippen LogP contribution in [0.25, 0.3) is 0 Å². The van der Waals surface area contributed by atoms with Gasteiger partial charge in [-0.2, -0.15) is 5.10 Å². The van der Waals surface area contributed by atoms with Crippen LogP contribution in [0.15, 0.2) is 72.0 Å². The standard InChI is InChI=1S/C26H34N6O.HI/c1-2-27-26(28-16-23-17-30-32(20-23)19-22-8-4-3-5-9-22)29-18-24-10-6-7-11-25(24)21-31-12-14-33-15-13-31;/h3-11,17,20H,2,12-16,18-19,21H2,1H3,(H2,27,28,29);1H.